The largest absolute Gasteiger partial charge is 0.371 e. The van der Waals surface area contributed by atoms with E-state index < -0.39 is 0 Å². The molecule has 2 N–H and O–H groups in total. The minimum Gasteiger partial charge on any atom is -0.371 e. The van der Waals surface area contributed by atoms with Gasteiger partial charge in [-0.25, -0.2) is 4.79 Å². The number of rotatable bonds is 5. The standard InChI is InChI=1S/C22H28N4OS/c27-22(24-19-7-10-28-15-19)23-12-20-11-17-6-8-25(20)13-18(17)14-26-9-5-16-3-1-2-4-21(16)26/h1-4,7,10,15,17-18,20H,5-6,8-9,11-14H2,(H2,23,24,27)/t17-,18-,20+/m0/s1. The number of hydrogen-bond donors (Lipinski definition) is 2. The predicted octanol–water partition coefficient (Wildman–Crippen LogP) is 3.64. The minimum atomic E-state index is -0.0914. The first-order valence-electron chi connectivity index (χ1n) is 10.4. The maximum absolute atomic E-state index is 12.1. The Labute approximate surface area is 170 Å². The number of nitrogens with one attached hydrogen (secondary N) is 2. The number of carbonyl (C=O) groups excluding carboxylic acids is 1. The molecule has 4 aliphatic heterocycles. The summed E-state index contributed by atoms with van der Waals surface area (Å²) in [5.41, 5.74) is 3.82. The molecule has 0 radical (unpaired) electrons. The fourth-order valence-corrected chi connectivity index (χ4v) is 5.86. The molecule has 2 bridgehead atoms. The summed E-state index contributed by atoms with van der Waals surface area (Å²) in [6.07, 6.45) is 3.69. The second-order valence-corrected chi connectivity index (χ2v) is 9.15. The summed E-state index contributed by atoms with van der Waals surface area (Å²) < 4.78 is 0. The van der Waals surface area contributed by atoms with Crippen molar-refractivity contribution >= 4 is 28.7 Å². The summed E-state index contributed by atoms with van der Waals surface area (Å²) in [5.74, 6) is 1.53. The lowest BCUT2D eigenvalue weighted by Crippen LogP contribution is -2.58. The highest BCUT2D eigenvalue weighted by atomic mass is 32.1. The molecule has 1 aromatic heterocycles. The van der Waals surface area contributed by atoms with Crippen LogP contribution in [0, 0.1) is 11.8 Å². The third-order valence-electron chi connectivity index (χ3n) is 6.73. The maximum atomic E-state index is 12.1. The van der Waals surface area contributed by atoms with E-state index in [1.54, 1.807) is 11.3 Å². The Kier molecular flexibility index (Phi) is 4.99. The first kappa shape index (κ1) is 18.0. The van der Waals surface area contributed by atoms with Gasteiger partial charge in [0.1, 0.15) is 0 Å². The quantitative estimate of drug-likeness (QED) is 0.811. The fourth-order valence-electron chi connectivity index (χ4n) is 5.27. The third-order valence-corrected chi connectivity index (χ3v) is 7.41. The number of carbonyl (C=O) groups is 1. The van der Waals surface area contributed by atoms with Gasteiger partial charge in [-0.3, -0.25) is 4.90 Å². The number of amides is 2. The Morgan fingerprint density at radius 1 is 1.21 bits per heavy atom. The van der Waals surface area contributed by atoms with Gasteiger partial charge in [-0.2, -0.15) is 11.3 Å². The molecule has 0 aliphatic carbocycles. The molecule has 4 atom stereocenters. The van der Waals surface area contributed by atoms with Crippen LogP contribution in [0.1, 0.15) is 18.4 Å². The van der Waals surface area contributed by atoms with Crippen molar-refractivity contribution in [3.63, 3.8) is 0 Å². The molecule has 3 fully saturated rings. The van der Waals surface area contributed by atoms with Gasteiger partial charge >= 0.3 is 6.03 Å². The molecule has 0 spiro atoms. The van der Waals surface area contributed by atoms with Gasteiger partial charge in [0.05, 0.1) is 5.69 Å². The van der Waals surface area contributed by atoms with Crippen LogP contribution in [0.2, 0.25) is 0 Å². The molecule has 1 aromatic carbocycles. The van der Waals surface area contributed by atoms with Crippen LogP contribution in [-0.2, 0) is 6.42 Å². The van der Waals surface area contributed by atoms with E-state index in [1.807, 2.05) is 16.8 Å². The number of para-hydroxylation sites is 1. The zero-order valence-corrected chi connectivity index (χ0v) is 17.0. The zero-order chi connectivity index (χ0) is 18.9. The van der Waals surface area contributed by atoms with E-state index in [0.29, 0.717) is 6.04 Å². The van der Waals surface area contributed by atoms with E-state index in [9.17, 15) is 4.79 Å². The van der Waals surface area contributed by atoms with Crippen molar-refractivity contribution in [2.45, 2.75) is 25.3 Å². The summed E-state index contributed by atoms with van der Waals surface area (Å²) in [6.45, 7) is 5.43. The SMILES string of the molecule is O=C(NC[C@H]1C[C@@H]2CCN1C[C@H]2CN1CCc2ccccc21)Nc1ccsc1. The predicted molar refractivity (Wildman–Crippen MR) is 115 cm³/mol. The molecule has 28 heavy (non-hydrogen) atoms. The molecule has 3 saturated heterocycles. The van der Waals surface area contributed by atoms with Crippen molar-refractivity contribution in [2.75, 3.05) is 42.9 Å². The molecule has 148 valence electrons. The van der Waals surface area contributed by atoms with E-state index in [-0.39, 0.29) is 6.03 Å². The first-order chi connectivity index (χ1) is 13.8. The molecule has 0 saturated carbocycles. The highest BCUT2D eigenvalue weighted by Gasteiger charge is 2.41. The van der Waals surface area contributed by atoms with Gasteiger partial charge in [0, 0.05) is 43.3 Å². The highest BCUT2D eigenvalue weighted by molar-refractivity contribution is 7.08. The van der Waals surface area contributed by atoms with Crippen LogP contribution in [0.4, 0.5) is 16.2 Å². The van der Waals surface area contributed by atoms with Crippen molar-refractivity contribution in [3.05, 3.63) is 46.7 Å². The van der Waals surface area contributed by atoms with Gasteiger partial charge < -0.3 is 15.5 Å². The third kappa shape index (κ3) is 3.63. The van der Waals surface area contributed by atoms with Crippen LogP contribution < -0.4 is 15.5 Å². The topological polar surface area (TPSA) is 47.6 Å². The molecule has 2 aromatic rings. The van der Waals surface area contributed by atoms with E-state index in [1.165, 1.54) is 50.1 Å². The number of thiophene rings is 1. The zero-order valence-electron chi connectivity index (χ0n) is 16.1. The monoisotopic (exact) mass is 396 g/mol. The van der Waals surface area contributed by atoms with Crippen molar-refractivity contribution < 1.29 is 4.79 Å². The summed E-state index contributed by atoms with van der Waals surface area (Å²) in [4.78, 5) is 17.3. The molecule has 6 heteroatoms. The van der Waals surface area contributed by atoms with Gasteiger partial charge in [0.25, 0.3) is 0 Å². The maximum Gasteiger partial charge on any atom is 0.319 e. The average molecular weight is 397 g/mol. The fraction of sp³-hybridized carbons (Fsp3) is 0.500. The van der Waals surface area contributed by atoms with Crippen molar-refractivity contribution in [1.82, 2.24) is 10.2 Å². The molecule has 4 aliphatic rings. The van der Waals surface area contributed by atoms with Crippen molar-refractivity contribution in [1.29, 1.82) is 0 Å². The molecular formula is C22H28N4OS. The Bertz CT molecular complexity index is 824. The summed E-state index contributed by atoms with van der Waals surface area (Å²) >= 11 is 1.59. The van der Waals surface area contributed by atoms with Crippen LogP contribution in [0.25, 0.3) is 0 Å². The highest BCUT2D eigenvalue weighted by Crippen LogP contribution is 2.38. The van der Waals surface area contributed by atoms with E-state index >= 15 is 0 Å². The molecule has 5 heterocycles. The van der Waals surface area contributed by atoms with Gasteiger partial charge in [-0.1, -0.05) is 18.2 Å². The number of benzene rings is 1. The van der Waals surface area contributed by atoms with E-state index in [2.05, 4.69) is 44.7 Å². The number of piperidine rings is 3. The summed E-state index contributed by atoms with van der Waals surface area (Å²) in [5, 5.41) is 9.91. The second kappa shape index (κ2) is 7.76. The van der Waals surface area contributed by atoms with E-state index in [0.717, 1.165) is 30.6 Å². The van der Waals surface area contributed by atoms with Crippen LogP contribution in [0.5, 0.6) is 0 Å². The van der Waals surface area contributed by atoms with E-state index in [4.69, 9.17) is 0 Å². The number of nitrogens with zero attached hydrogens (tertiary/aromatic N) is 2. The van der Waals surface area contributed by atoms with Gasteiger partial charge in [-0.15, -0.1) is 0 Å². The molecular weight excluding hydrogens is 368 g/mol. The molecule has 1 unspecified atom stereocenters. The van der Waals surface area contributed by atoms with Crippen LogP contribution in [0.3, 0.4) is 0 Å². The Morgan fingerprint density at radius 3 is 2.96 bits per heavy atom. The van der Waals surface area contributed by atoms with Gasteiger partial charge in [0.15, 0.2) is 0 Å². The lowest BCUT2D eigenvalue weighted by Gasteiger charge is -2.50. The smallest absolute Gasteiger partial charge is 0.319 e. The molecule has 2 amide bonds. The Balaban J connectivity index is 1.14. The first-order valence-corrected chi connectivity index (χ1v) is 11.3. The summed E-state index contributed by atoms with van der Waals surface area (Å²) in [7, 11) is 0. The normalized spacial score (nSPS) is 28.2. The van der Waals surface area contributed by atoms with Crippen LogP contribution in [0.15, 0.2) is 41.1 Å². The second-order valence-electron chi connectivity index (χ2n) is 8.37. The molecule has 6 rings (SSSR count). The van der Waals surface area contributed by atoms with Gasteiger partial charge in [0.2, 0.25) is 0 Å². The van der Waals surface area contributed by atoms with Crippen molar-refractivity contribution in [2.24, 2.45) is 11.8 Å². The van der Waals surface area contributed by atoms with Crippen LogP contribution in [-0.4, -0.2) is 49.7 Å². The Hall–Kier alpha value is -2.05. The number of urea groups is 1. The summed E-state index contributed by atoms with van der Waals surface area (Å²) in [6, 6.07) is 11.2. The average Bonchev–Trinajstić information content (AvgIpc) is 3.37. The Morgan fingerprint density at radius 2 is 2.14 bits per heavy atom. The number of anilines is 2. The van der Waals surface area contributed by atoms with Crippen molar-refractivity contribution in [3.8, 4) is 0 Å². The lowest BCUT2D eigenvalue weighted by atomic mass is 9.75. The minimum absolute atomic E-state index is 0.0914. The number of hydrogen-bond acceptors (Lipinski definition) is 4. The van der Waals surface area contributed by atoms with Gasteiger partial charge in [-0.05, 0) is 60.7 Å². The van der Waals surface area contributed by atoms with Crippen LogP contribution >= 0.6 is 11.3 Å². The number of fused-ring (bicyclic) bond motifs is 4. The lowest BCUT2D eigenvalue weighted by molar-refractivity contribution is 0.00590. The molecule has 5 nitrogen and oxygen atoms in total.